The van der Waals surface area contributed by atoms with Crippen LogP contribution in [0.3, 0.4) is 0 Å². The molecule has 0 radical (unpaired) electrons. The summed E-state index contributed by atoms with van der Waals surface area (Å²) in [7, 11) is 0. The van der Waals surface area contributed by atoms with Crippen LogP contribution in [0.4, 0.5) is 0 Å². The van der Waals surface area contributed by atoms with E-state index in [0.717, 1.165) is 23.3 Å². The molecule has 2 heterocycles. The molecule has 1 atom stereocenters. The van der Waals surface area contributed by atoms with Crippen molar-refractivity contribution in [1.29, 1.82) is 0 Å². The molecule has 0 bridgehead atoms. The standard InChI is InChI=1S/C16H21NO3S/c1-11-7-10-21-12(11)5-6-13(18)17-9-4-8-16(2,3)14(17)15(19)20/h5-7,10,14H,4,8-9H2,1-3H3,(H,19,20)/b6-5+. The Morgan fingerprint density at radius 2 is 2.19 bits per heavy atom. The number of aryl methyl sites for hydroxylation is 1. The fourth-order valence-electron chi connectivity index (χ4n) is 2.90. The lowest BCUT2D eigenvalue weighted by molar-refractivity contribution is -0.156. The van der Waals surface area contributed by atoms with Gasteiger partial charge in [-0.2, -0.15) is 0 Å². The van der Waals surface area contributed by atoms with Crippen LogP contribution in [0.15, 0.2) is 17.5 Å². The molecule has 1 aliphatic rings. The van der Waals surface area contributed by atoms with E-state index in [-0.39, 0.29) is 5.91 Å². The summed E-state index contributed by atoms with van der Waals surface area (Å²) in [5.74, 6) is -1.14. The third kappa shape index (κ3) is 3.35. The Morgan fingerprint density at radius 3 is 2.76 bits per heavy atom. The lowest BCUT2D eigenvalue weighted by atomic mass is 9.76. The molecule has 4 nitrogen and oxygen atoms in total. The largest absolute Gasteiger partial charge is 0.480 e. The van der Waals surface area contributed by atoms with Gasteiger partial charge in [-0.3, -0.25) is 4.79 Å². The van der Waals surface area contributed by atoms with E-state index in [1.165, 1.54) is 11.0 Å². The quantitative estimate of drug-likeness (QED) is 0.873. The van der Waals surface area contributed by atoms with Crippen molar-refractivity contribution < 1.29 is 14.7 Å². The van der Waals surface area contributed by atoms with Gasteiger partial charge in [0.2, 0.25) is 5.91 Å². The molecule has 2 rings (SSSR count). The van der Waals surface area contributed by atoms with Gasteiger partial charge in [0, 0.05) is 17.5 Å². The summed E-state index contributed by atoms with van der Waals surface area (Å²) < 4.78 is 0. The summed E-state index contributed by atoms with van der Waals surface area (Å²) >= 11 is 1.57. The molecule has 5 heteroatoms. The maximum absolute atomic E-state index is 12.4. The van der Waals surface area contributed by atoms with Gasteiger partial charge in [-0.15, -0.1) is 11.3 Å². The van der Waals surface area contributed by atoms with Crippen LogP contribution in [-0.2, 0) is 9.59 Å². The number of likely N-dealkylation sites (tertiary alicyclic amines) is 1. The minimum atomic E-state index is -0.922. The van der Waals surface area contributed by atoms with Crippen LogP contribution in [0, 0.1) is 12.3 Å². The number of rotatable bonds is 3. The third-order valence-corrected chi connectivity index (χ3v) is 5.05. The summed E-state index contributed by atoms with van der Waals surface area (Å²) in [5.41, 5.74) is 0.727. The second kappa shape index (κ2) is 6.02. The maximum Gasteiger partial charge on any atom is 0.326 e. The van der Waals surface area contributed by atoms with Crippen LogP contribution >= 0.6 is 11.3 Å². The number of carboxylic acid groups (broad SMARTS) is 1. The summed E-state index contributed by atoms with van der Waals surface area (Å²) in [5, 5.41) is 11.4. The Bertz CT molecular complexity index is 574. The van der Waals surface area contributed by atoms with Crippen LogP contribution in [0.25, 0.3) is 6.08 Å². The molecule has 0 saturated carbocycles. The van der Waals surface area contributed by atoms with Crippen molar-refractivity contribution in [2.24, 2.45) is 5.41 Å². The van der Waals surface area contributed by atoms with Crippen molar-refractivity contribution in [2.75, 3.05) is 6.54 Å². The third-order valence-electron chi connectivity index (χ3n) is 4.07. The zero-order chi connectivity index (χ0) is 15.6. The van der Waals surface area contributed by atoms with E-state index in [4.69, 9.17) is 0 Å². The minimum absolute atomic E-state index is 0.219. The fraction of sp³-hybridized carbons (Fsp3) is 0.500. The summed E-state index contributed by atoms with van der Waals surface area (Å²) in [6.07, 6.45) is 4.94. The van der Waals surface area contributed by atoms with E-state index in [1.54, 1.807) is 17.4 Å². The van der Waals surface area contributed by atoms with E-state index in [0.29, 0.717) is 6.54 Å². The normalized spacial score (nSPS) is 21.7. The number of carbonyl (C=O) groups excluding carboxylic acids is 1. The Kier molecular flexibility index (Phi) is 4.52. The SMILES string of the molecule is Cc1ccsc1/C=C/C(=O)N1CCCC(C)(C)C1C(=O)O. The highest BCUT2D eigenvalue weighted by atomic mass is 32.1. The van der Waals surface area contributed by atoms with E-state index in [9.17, 15) is 14.7 Å². The topological polar surface area (TPSA) is 57.6 Å². The summed E-state index contributed by atoms with van der Waals surface area (Å²) in [6, 6.07) is 1.24. The molecule has 1 fully saturated rings. The number of amides is 1. The minimum Gasteiger partial charge on any atom is -0.480 e. The second-order valence-electron chi connectivity index (χ2n) is 6.17. The molecule has 0 aliphatic carbocycles. The zero-order valence-corrected chi connectivity index (χ0v) is 13.4. The van der Waals surface area contributed by atoms with Crippen molar-refractivity contribution in [3.63, 3.8) is 0 Å². The summed E-state index contributed by atoms with van der Waals surface area (Å²) in [6.45, 7) is 6.33. The van der Waals surface area contributed by atoms with E-state index in [1.807, 2.05) is 32.2 Å². The monoisotopic (exact) mass is 307 g/mol. The predicted octanol–water partition coefficient (Wildman–Crippen LogP) is 3.17. The lowest BCUT2D eigenvalue weighted by Gasteiger charge is -2.43. The molecule has 1 aromatic rings. The zero-order valence-electron chi connectivity index (χ0n) is 12.6. The number of hydrogen-bond donors (Lipinski definition) is 1. The van der Waals surface area contributed by atoms with Gasteiger partial charge in [0.25, 0.3) is 0 Å². The van der Waals surface area contributed by atoms with Gasteiger partial charge >= 0.3 is 5.97 Å². The molecule has 114 valence electrons. The molecule has 1 unspecified atom stereocenters. The van der Waals surface area contributed by atoms with Gasteiger partial charge in [0.05, 0.1) is 0 Å². The smallest absolute Gasteiger partial charge is 0.326 e. The number of piperidine rings is 1. The Hall–Kier alpha value is -1.62. The van der Waals surface area contributed by atoms with Crippen molar-refractivity contribution in [3.05, 3.63) is 28.0 Å². The number of carbonyl (C=O) groups is 2. The van der Waals surface area contributed by atoms with Crippen molar-refractivity contribution >= 4 is 29.3 Å². The van der Waals surface area contributed by atoms with E-state index < -0.39 is 17.4 Å². The molecule has 1 aliphatic heterocycles. The Balaban J connectivity index is 2.19. The van der Waals surface area contributed by atoms with Crippen molar-refractivity contribution in [1.82, 2.24) is 4.90 Å². The van der Waals surface area contributed by atoms with E-state index >= 15 is 0 Å². The molecule has 1 N–H and O–H groups in total. The summed E-state index contributed by atoms with van der Waals surface area (Å²) in [4.78, 5) is 26.5. The second-order valence-corrected chi connectivity index (χ2v) is 7.11. The van der Waals surface area contributed by atoms with Crippen LogP contribution in [-0.4, -0.2) is 34.5 Å². The van der Waals surface area contributed by atoms with Crippen LogP contribution < -0.4 is 0 Å². The number of thiophene rings is 1. The van der Waals surface area contributed by atoms with Gasteiger partial charge in [0.1, 0.15) is 6.04 Å². The lowest BCUT2D eigenvalue weighted by Crippen LogP contribution is -2.55. The molecule has 1 saturated heterocycles. The molecular weight excluding hydrogens is 286 g/mol. The number of aliphatic carboxylic acids is 1. The van der Waals surface area contributed by atoms with Gasteiger partial charge in [0.15, 0.2) is 0 Å². The van der Waals surface area contributed by atoms with Crippen molar-refractivity contribution in [2.45, 2.75) is 39.7 Å². The van der Waals surface area contributed by atoms with Crippen LogP contribution in [0.5, 0.6) is 0 Å². The maximum atomic E-state index is 12.4. The number of carboxylic acids is 1. The van der Waals surface area contributed by atoms with Gasteiger partial charge in [-0.25, -0.2) is 4.79 Å². The molecule has 1 aromatic heterocycles. The first-order valence-electron chi connectivity index (χ1n) is 7.08. The first-order valence-corrected chi connectivity index (χ1v) is 7.96. The van der Waals surface area contributed by atoms with Gasteiger partial charge in [-0.05, 0) is 48.3 Å². The first kappa shape index (κ1) is 15.8. The van der Waals surface area contributed by atoms with Crippen LogP contribution in [0.1, 0.15) is 37.1 Å². The fourth-order valence-corrected chi connectivity index (χ4v) is 3.71. The average Bonchev–Trinajstić information content (AvgIpc) is 2.79. The molecule has 0 aromatic carbocycles. The van der Waals surface area contributed by atoms with Crippen LogP contribution in [0.2, 0.25) is 0 Å². The molecular formula is C16H21NO3S. The molecule has 1 amide bonds. The van der Waals surface area contributed by atoms with Gasteiger partial charge in [-0.1, -0.05) is 13.8 Å². The predicted molar refractivity (Wildman–Crippen MR) is 84.2 cm³/mol. The van der Waals surface area contributed by atoms with E-state index in [2.05, 4.69) is 0 Å². The van der Waals surface area contributed by atoms with Gasteiger partial charge < -0.3 is 10.0 Å². The van der Waals surface area contributed by atoms with Crippen molar-refractivity contribution in [3.8, 4) is 0 Å². The number of nitrogens with zero attached hydrogens (tertiary/aromatic N) is 1. The molecule has 21 heavy (non-hydrogen) atoms. The highest BCUT2D eigenvalue weighted by Gasteiger charge is 2.43. The number of hydrogen-bond acceptors (Lipinski definition) is 3. The molecule has 0 spiro atoms. The average molecular weight is 307 g/mol. The highest BCUT2D eigenvalue weighted by Crippen LogP contribution is 2.35. The first-order chi connectivity index (χ1) is 9.83. The highest BCUT2D eigenvalue weighted by molar-refractivity contribution is 7.11. The Labute approximate surface area is 129 Å². The Morgan fingerprint density at radius 1 is 1.48 bits per heavy atom.